The molecule has 0 aliphatic carbocycles. The molecule has 15 heavy (non-hydrogen) atoms. The lowest BCUT2D eigenvalue weighted by Crippen LogP contribution is -2.49. The molecule has 1 heterocycles. The average molecular weight is 216 g/mol. The summed E-state index contributed by atoms with van der Waals surface area (Å²) in [5.41, 5.74) is 5.31. The zero-order valence-corrected chi connectivity index (χ0v) is 9.41. The highest BCUT2D eigenvalue weighted by Crippen LogP contribution is 2.23. The van der Waals surface area contributed by atoms with Crippen LogP contribution in [-0.4, -0.2) is 44.4 Å². The van der Waals surface area contributed by atoms with Crippen LogP contribution in [0.25, 0.3) is 0 Å². The summed E-state index contributed by atoms with van der Waals surface area (Å²) >= 11 is 0. The minimum absolute atomic E-state index is 0.165. The Morgan fingerprint density at radius 1 is 1.73 bits per heavy atom. The molecule has 5 nitrogen and oxygen atoms in total. The molecule has 5 heteroatoms. The van der Waals surface area contributed by atoms with Crippen LogP contribution in [0.1, 0.15) is 19.8 Å². The number of carbonyl (C=O) groups is 1. The SMILES string of the molecule is COC(=O)C(CN)NCC1(C)CCCO1. The predicted octanol–water partition coefficient (Wildman–Crippen LogP) is -0.355. The van der Waals surface area contributed by atoms with Crippen molar-refractivity contribution >= 4 is 5.97 Å². The third-order valence-electron chi connectivity index (χ3n) is 2.74. The van der Waals surface area contributed by atoms with Crippen LogP contribution in [0, 0.1) is 0 Å². The standard InChI is InChI=1S/C10H20N2O3/c1-10(4-3-5-15-10)7-12-8(6-11)9(13)14-2/h8,12H,3-7,11H2,1-2H3. The number of carbonyl (C=O) groups excluding carboxylic acids is 1. The van der Waals surface area contributed by atoms with Crippen molar-refractivity contribution in [2.75, 3.05) is 26.8 Å². The highest BCUT2D eigenvalue weighted by atomic mass is 16.5. The van der Waals surface area contributed by atoms with Crippen LogP contribution in [0.4, 0.5) is 0 Å². The van der Waals surface area contributed by atoms with Crippen molar-refractivity contribution in [3.05, 3.63) is 0 Å². The van der Waals surface area contributed by atoms with Crippen LogP contribution in [-0.2, 0) is 14.3 Å². The number of methoxy groups -OCH3 is 1. The van der Waals surface area contributed by atoms with Crippen LogP contribution in [0.3, 0.4) is 0 Å². The van der Waals surface area contributed by atoms with Gasteiger partial charge in [-0.25, -0.2) is 0 Å². The molecule has 1 aliphatic heterocycles. The largest absolute Gasteiger partial charge is 0.468 e. The molecule has 0 aromatic heterocycles. The molecule has 1 rings (SSSR count). The van der Waals surface area contributed by atoms with Gasteiger partial charge in [-0.2, -0.15) is 0 Å². The fourth-order valence-corrected chi connectivity index (χ4v) is 1.72. The van der Waals surface area contributed by atoms with E-state index in [0.717, 1.165) is 19.4 Å². The number of nitrogens with one attached hydrogen (secondary N) is 1. The molecule has 2 unspecified atom stereocenters. The molecule has 2 atom stereocenters. The molecule has 0 amide bonds. The zero-order valence-electron chi connectivity index (χ0n) is 9.41. The van der Waals surface area contributed by atoms with E-state index in [1.165, 1.54) is 7.11 Å². The molecule has 1 saturated heterocycles. The minimum atomic E-state index is -0.434. The van der Waals surface area contributed by atoms with Gasteiger partial charge in [0, 0.05) is 19.7 Å². The number of ether oxygens (including phenoxy) is 2. The zero-order chi connectivity index (χ0) is 11.3. The summed E-state index contributed by atoms with van der Waals surface area (Å²) in [6.45, 7) is 3.70. The summed E-state index contributed by atoms with van der Waals surface area (Å²) in [5, 5.41) is 3.08. The minimum Gasteiger partial charge on any atom is -0.468 e. The second kappa shape index (κ2) is 5.44. The summed E-state index contributed by atoms with van der Waals surface area (Å²) in [5.74, 6) is -0.320. The number of hydrogen-bond donors (Lipinski definition) is 2. The van der Waals surface area contributed by atoms with E-state index in [0.29, 0.717) is 6.54 Å². The van der Waals surface area contributed by atoms with Gasteiger partial charge in [0.25, 0.3) is 0 Å². The molecule has 1 fully saturated rings. The lowest BCUT2D eigenvalue weighted by molar-refractivity contribution is -0.143. The van der Waals surface area contributed by atoms with E-state index in [-0.39, 0.29) is 18.1 Å². The van der Waals surface area contributed by atoms with Gasteiger partial charge in [0.2, 0.25) is 0 Å². The van der Waals surface area contributed by atoms with E-state index in [4.69, 9.17) is 10.5 Å². The Bertz CT molecular complexity index is 215. The summed E-state index contributed by atoms with van der Waals surface area (Å²) in [6, 6.07) is -0.434. The van der Waals surface area contributed by atoms with E-state index in [1.807, 2.05) is 6.92 Å². The molecule has 3 N–H and O–H groups in total. The maximum Gasteiger partial charge on any atom is 0.324 e. The van der Waals surface area contributed by atoms with Gasteiger partial charge >= 0.3 is 5.97 Å². The van der Waals surface area contributed by atoms with E-state index in [2.05, 4.69) is 10.1 Å². The topological polar surface area (TPSA) is 73.6 Å². The first-order chi connectivity index (χ1) is 7.11. The normalized spacial score (nSPS) is 27.7. The Hall–Kier alpha value is -0.650. The maximum absolute atomic E-state index is 11.2. The Balaban J connectivity index is 2.36. The quantitative estimate of drug-likeness (QED) is 0.614. The Morgan fingerprint density at radius 2 is 2.47 bits per heavy atom. The van der Waals surface area contributed by atoms with Crippen LogP contribution in [0.5, 0.6) is 0 Å². The molecule has 1 aliphatic rings. The van der Waals surface area contributed by atoms with Crippen LogP contribution in [0.2, 0.25) is 0 Å². The first kappa shape index (κ1) is 12.4. The molecular weight excluding hydrogens is 196 g/mol. The van der Waals surface area contributed by atoms with E-state index < -0.39 is 6.04 Å². The second-order valence-electron chi connectivity index (χ2n) is 4.09. The van der Waals surface area contributed by atoms with Crippen LogP contribution < -0.4 is 11.1 Å². The van der Waals surface area contributed by atoms with Crippen LogP contribution in [0.15, 0.2) is 0 Å². The van der Waals surface area contributed by atoms with Crippen molar-refractivity contribution in [1.29, 1.82) is 0 Å². The number of esters is 1. The first-order valence-corrected chi connectivity index (χ1v) is 5.26. The molecule has 0 saturated carbocycles. The summed E-state index contributed by atoms with van der Waals surface area (Å²) < 4.78 is 10.2. The van der Waals surface area contributed by atoms with Gasteiger partial charge in [-0.1, -0.05) is 0 Å². The number of hydrogen-bond acceptors (Lipinski definition) is 5. The van der Waals surface area contributed by atoms with Gasteiger partial charge in [-0.15, -0.1) is 0 Å². The summed E-state index contributed by atoms with van der Waals surface area (Å²) in [4.78, 5) is 11.2. The molecule has 0 radical (unpaired) electrons. The van der Waals surface area contributed by atoms with E-state index >= 15 is 0 Å². The second-order valence-corrected chi connectivity index (χ2v) is 4.09. The molecule has 0 aromatic carbocycles. The third kappa shape index (κ3) is 3.44. The van der Waals surface area contributed by atoms with E-state index in [1.54, 1.807) is 0 Å². The number of rotatable bonds is 5. The fourth-order valence-electron chi connectivity index (χ4n) is 1.72. The van der Waals surface area contributed by atoms with Crippen molar-refractivity contribution in [2.24, 2.45) is 5.73 Å². The number of nitrogens with two attached hydrogens (primary N) is 1. The van der Waals surface area contributed by atoms with Crippen molar-refractivity contribution in [1.82, 2.24) is 5.32 Å². The fraction of sp³-hybridized carbons (Fsp3) is 0.900. The van der Waals surface area contributed by atoms with E-state index in [9.17, 15) is 4.79 Å². The smallest absolute Gasteiger partial charge is 0.324 e. The van der Waals surface area contributed by atoms with Gasteiger partial charge < -0.3 is 20.5 Å². The van der Waals surface area contributed by atoms with Gasteiger partial charge in [0.15, 0.2) is 0 Å². The van der Waals surface area contributed by atoms with Crippen LogP contribution >= 0.6 is 0 Å². The Morgan fingerprint density at radius 3 is 2.93 bits per heavy atom. The average Bonchev–Trinajstić information content (AvgIpc) is 2.66. The van der Waals surface area contributed by atoms with Crippen molar-refractivity contribution in [3.8, 4) is 0 Å². The van der Waals surface area contributed by atoms with Gasteiger partial charge in [0.05, 0.1) is 12.7 Å². The highest BCUT2D eigenvalue weighted by molar-refractivity contribution is 5.75. The van der Waals surface area contributed by atoms with Crippen molar-refractivity contribution in [3.63, 3.8) is 0 Å². The monoisotopic (exact) mass is 216 g/mol. The van der Waals surface area contributed by atoms with Gasteiger partial charge in [-0.05, 0) is 19.8 Å². The molecule has 0 bridgehead atoms. The highest BCUT2D eigenvalue weighted by Gasteiger charge is 2.31. The molecule has 0 aromatic rings. The van der Waals surface area contributed by atoms with Crippen molar-refractivity contribution in [2.45, 2.75) is 31.4 Å². The molecule has 0 spiro atoms. The summed E-state index contributed by atoms with van der Waals surface area (Å²) in [7, 11) is 1.36. The lowest BCUT2D eigenvalue weighted by atomic mass is 10.0. The Kier molecular flexibility index (Phi) is 4.50. The lowest BCUT2D eigenvalue weighted by Gasteiger charge is -2.25. The first-order valence-electron chi connectivity index (χ1n) is 5.26. The van der Waals surface area contributed by atoms with Gasteiger partial charge in [0.1, 0.15) is 6.04 Å². The maximum atomic E-state index is 11.2. The van der Waals surface area contributed by atoms with Crippen molar-refractivity contribution < 1.29 is 14.3 Å². The predicted molar refractivity (Wildman–Crippen MR) is 56.5 cm³/mol. The van der Waals surface area contributed by atoms with Gasteiger partial charge in [-0.3, -0.25) is 4.79 Å². The molecular formula is C10H20N2O3. The molecule has 88 valence electrons. The Labute approximate surface area is 90.3 Å². The third-order valence-corrected chi connectivity index (χ3v) is 2.74. The summed E-state index contributed by atoms with van der Waals surface area (Å²) in [6.07, 6.45) is 2.09.